The fraction of sp³-hybridized carbons (Fsp3) is 0.0625. The Bertz CT molecular complexity index is 919. The first kappa shape index (κ1) is 15.8. The maximum atomic E-state index is 9.50. The molecule has 24 heavy (non-hydrogen) atoms. The molecule has 3 aromatic rings. The van der Waals surface area contributed by atoms with Gasteiger partial charge in [-0.15, -0.1) is 0 Å². The van der Waals surface area contributed by atoms with E-state index in [4.69, 9.17) is 17.0 Å². The summed E-state index contributed by atoms with van der Waals surface area (Å²) in [6.45, 7) is 0.190. The van der Waals surface area contributed by atoms with Gasteiger partial charge in [0.1, 0.15) is 12.4 Å². The highest BCUT2D eigenvalue weighted by Gasteiger charge is 2.06. The lowest BCUT2D eigenvalue weighted by atomic mass is 10.2. The van der Waals surface area contributed by atoms with Crippen LogP contribution in [-0.4, -0.2) is 31.3 Å². The average Bonchev–Trinajstić information content (AvgIpc) is 2.95. The van der Waals surface area contributed by atoms with Crippen LogP contribution in [0.2, 0.25) is 0 Å². The molecular formula is C16H14N4O3S. The van der Waals surface area contributed by atoms with Crippen molar-refractivity contribution in [2.75, 3.05) is 0 Å². The lowest BCUT2D eigenvalue weighted by molar-refractivity contribution is 0.290. The van der Waals surface area contributed by atoms with E-state index in [2.05, 4.69) is 15.3 Å². The number of hydrogen-bond donors (Lipinski definition) is 3. The number of phenols is 2. The van der Waals surface area contributed by atoms with Crippen LogP contribution in [0.25, 0.3) is 0 Å². The summed E-state index contributed by atoms with van der Waals surface area (Å²) in [5, 5.41) is 29.8. The van der Waals surface area contributed by atoms with Crippen LogP contribution < -0.4 is 4.74 Å². The number of hydrogen-bond acceptors (Lipinski definition) is 6. The summed E-state index contributed by atoms with van der Waals surface area (Å²) in [6.07, 6.45) is 1.50. The monoisotopic (exact) mass is 342 g/mol. The molecule has 0 spiro atoms. The lowest BCUT2D eigenvalue weighted by Gasteiger charge is -2.05. The SMILES string of the molecule is Oc1ccc(/C=N\n2c(COc3ccccc3)n[nH]c2=S)cc1O. The molecule has 3 N–H and O–H groups in total. The van der Waals surface area contributed by atoms with Crippen molar-refractivity contribution in [1.29, 1.82) is 0 Å². The first-order valence-corrected chi connectivity index (χ1v) is 7.45. The first-order chi connectivity index (χ1) is 11.6. The predicted octanol–water partition coefficient (Wildman–Crippen LogP) is 2.81. The number of benzene rings is 2. The number of para-hydroxylation sites is 1. The van der Waals surface area contributed by atoms with Gasteiger partial charge in [-0.1, -0.05) is 18.2 Å². The molecule has 0 radical (unpaired) electrons. The van der Waals surface area contributed by atoms with Crippen molar-refractivity contribution in [1.82, 2.24) is 14.9 Å². The third-order valence-electron chi connectivity index (χ3n) is 3.15. The standard InChI is InChI=1S/C16H14N4O3S/c21-13-7-6-11(8-14(13)22)9-17-20-15(18-19-16(20)24)10-23-12-4-2-1-3-5-12/h1-9,21-22H,10H2,(H,19,24)/b17-9-. The minimum atomic E-state index is -0.220. The van der Waals surface area contributed by atoms with Gasteiger partial charge in [0.15, 0.2) is 17.3 Å². The van der Waals surface area contributed by atoms with Gasteiger partial charge >= 0.3 is 0 Å². The summed E-state index contributed by atoms with van der Waals surface area (Å²) in [7, 11) is 0. The number of H-pyrrole nitrogens is 1. The summed E-state index contributed by atoms with van der Waals surface area (Å²) in [5.41, 5.74) is 0.600. The van der Waals surface area contributed by atoms with Gasteiger partial charge in [-0.05, 0) is 48.1 Å². The van der Waals surface area contributed by atoms with E-state index >= 15 is 0 Å². The van der Waals surface area contributed by atoms with Crippen LogP contribution in [0.5, 0.6) is 17.2 Å². The second kappa shape index (κ2) is 6.97. The van der Waals surface area contributed by atoms with Crippen LogP contribution in [0, 0.1) is 4.77 Å². The second-order valence-electron chi connectivity index (χ2n) is 4.85. The maximum absolute atomic E-state index is 9.50. The Kier molecular flexibility index (Phi) is 4.57. The molecule has 122 valence electrons. The Labute approximate surface area is 142 Å². The fourth-order valence-electron chi connectivity index (χ4n) is 1.95. The van der Waals surface area contributed by atoms with E-state index in [0.29, 0.717) is 21.9 Å². The summed E-state index contributed by atoms with van der Waals surface area (Å²) in [6, 6.07) is 13.7. The molecular weight excluding hydrogens is 328 g/mol. The smallest absolute Gasteiger partial charge is 0.216 e. The number of aromatic amines is 1. The Balaban J connectivity index is 1.78. The van der Waals surface area contributed by atoms with E-state index in [0.717, 1.165) is 0 Å². The summed E-state index contributed by atoms with van der Waals surface area (Å²) in [5.74, 6) is 0.805. The van der Waals surface area contributed by atoms with Crippen LogP contribution in [-0.2, 0) is 6.61 Å². The van der Waals surface area contributed by atoms with Gasteiger partial charge in [0.25, 0.3) is 0 Å². The maximum Gasteiger partial charge on any atom is 0.216 e. The molecule has 0 atom stereocenters. The van der Waals surface area contributed by atoms with Crippen molar-refractivity contribution in [3.05, 3.63) is 64.7 Å². The Morgan fingerprint density at radius 2 is 1.96 bits per heavy atom. The predicted molar refractivity (Wildman–Crippen MR) is 90.9 cm³/mol. The minimum Gasteiger partial charge on any atom is -0.504 e. The van der Waals surface area contributed by atoms with Gasteiger partial charge in [0, 0.05) is 0 Å². The van der Waals surface area contributed by atoms with Crippen molar-refractivity contribution in [2.24, 2.45) is 5.10 Å². The number of aromatic nitrogens is 3. The number of nitrogens with zero attached hydrogens (tertiary/aromatic N) is 3. The van der Waals surface area contributed by atoms with Crippen molar-refractivity contribution >= 4 is 18.4 Å². The highest BCUT2D eigenvalue weighted by Crippen LogP contribution is 2.24. The Morgan fingerprint density at radius 3 is 2.71 bits per heavy atom. The molecule has 0 unspecified atom stereocenters. The van der Waals surface area contributed by atoms with E-state index in [1.54, 1.807) is 6.07 Å². The van der Waals surface area contributed by atoms with Gasteiger partial charge < -0.3 is 14.9 Å². The van der Waals surface area contributed by atoms with E-state index in [-0.39, 0.29) is 18.1 Å². The van der Waals surface area contributed by atoms with Crippen molar-refractivity contribution in [2.45, 2.75) is 6.61 Å². The van der Waals surface area contributed by atoms with E-state index < -0.39 is 0 Å². The highest BCUT2D eigenvalue weighted by atomic mass is 32.1. The van der Waals surface area contributed by atoms with Crippen LogP contribution in [0.3, 0.4) is 0 Å². The molecule has 1 heterocycles. The molecule has 0 aliphatic heterocycles. The fourth-order valence-corrected chi connectivity index (χ4v) is 2.14. The Hall–Kier alpha value is -3.13. The molecule has 0 saturated carbocycles. The number of rotatable bonds is 5. The molecule has 0 fully saturated rings. The molecule has 8 heteroatoms. The molecule has 1 aromatic heterocycles. The van der Waals surface area contributed by atoms with E-state index in [1.165, 1.54) is 23.0 Å². The molecule has 7 nitrogen and oxygen atoms in total. The van der Waals surface area contributed by atoms with Gasteiger partial charge in [0.05, 0.1) is 6.21 Å². The zero-order valence-corrected chi connectivity index (χ0v) is 13.3. The number of nitrogens with one attached hydrogen (secondary N) is 1. The molecule has 0 aliphatic carbocycles. The van der Waals surface area contributed by atoms with Gasteiger partial charge in [-0.2, -0.15) is 14.9 Å². The van der Waals surface area contributed by atoms with Crippen LogP contribution in [0.4, 0.5) is 0 Å². The van der Waals surface area contributed by atoms with E-state index in [9.17, 15) is 10.2 Å². The lowest BCUT2D eigenvalue weighted by Crippen LogP contribution is -2.04. The summed E-state index contributed by atoms with van der Waals surface area (Å²) < 4.78 is 7.39. The molecule has 0 aliphatic rings. The highest BCUT2D eigenvalue weighted by molar-refractivity contribution is 7.71. The first-order valence-electron chi connectivity index (χ1n) is 7.04. The van der Waals surface area contributed by atoms with Crippen LogP contribution in [0.1, 0.15) is 11.4 Å². The molecule has 2 aromatic carbocycles. The number of aromatic hydroxyl groups is 2. The molecule has 0 saturated heterocycles. The summed E-state index contributed by atoms with van der Waals surface area (Å²) in [4.78, 5) is 0. The third kappa shape index (κ3) is 3.61. The topological polar surface area (TPSA) is 95.7 Å². The number of ether oxygens (including phenoxy) is 1. The van der Waals surface area contributed by atoms with Crippen molar-refractivity contribution < 1.29 is 14.9 Å². The van der Waals surface area contributed by atoms with Crippen LogP contribution in [0.15, 0.2) is 53.6 Å². The summed E-state index contributed by atoms with van der Waals surface area (Å²) >= 11 is 5.15. The zero-order chi connectivity index (χ0) is 16.9. The normalized spacial score (nSPS) is 11.0. The minimum absolute atomic E-state index is 0.190. The van der Waals surface area contributed by atoms with Crippen LogP contribution >= 0.6 is 12.2 Å². The van der Waals surface area contributed by atoms with Gasteiger partial charge in [-0.25, -0.2) is 5.10 Å². The van der Waals surface area contributed by atoms with Gasteiger partial charge in [0.2, 0.25) is 4.77 Å². The quantitative estimate of drug-likeness (QED) is 0.376. The van der Waals surface area contributed by atoms with E-state index in [1.807, 2.05) is 30.3 Å². The van der Waals surface area contributed by atoms with Gasteiger partial charge in [-0.3, -0.25) is 0 Å². The second-order valence-corrected chi connectivity index (χ2v) is 5.24. The Morgan fingerprint density at radius 1 is 1.17 bits per heavy atom. The molecule has 0 amide bonds. The van der Waals surface area contributed by atoms with Crippen molar-refractivity contribution in [3.8, 4) is 17.2 Å². The number of phenolic OH excluding ortho intramolecular Hbond substituents is 2. The van der Waals surface area contributed by atoms with Crippen molar-refractivity contribution in [3.63, 3.8) is 0 Å². The molecule has 3 rings (SSSR count). The largest absolute Gasteiger partial charge is 0.504 e. The molecule has 0 bridgehead atoms. The third-order valence-corrected chi connectivity index (χ3v) is 3.41. The average molecular weight is 342 g/mol. The zero-order valence-electron chi connectivity index (χ0n) is 12.5.